The smallest absolute Gasteiger partial charge is 0.431 e. The number of morpholine rings is 1. The van der Waals surface area contributed by atoms with Crippen molar-refractivity contribution in [1.29, 1.82) is 5.26 Å². The van der Waals surface area contributed by atoms with Crippen LogP contribution in [0.3, 0.4) is 0 Å². The fraction of sp³-hybridized carbons (Fsp3) is 0.400. The van der Waals surface area contributed by atoms with E-state index in [1.54, 1.807) is 6.07 Å². The number of nitriles is 1. The number of hydrogen-bond donors (Lipinski definition) is 0. The summed E-state index contributed by atoms with van der Waals surface area (Å²) in [6.45, 7) is 3.97. The van der Waals surface area contributed by atoms with Crippen molar-refractivity contribution >= 4 is 22.6 Å². The summed E-state index contributed by atoms with van der Waals surface area (Å²) < 4.78 is 20.4. The van der Waals surface area contributed by atoms with Crippen LogP contribution in [0.4, 0.5) is 10.5 Å². The lowest BCUT2D eigenvalue weighted by molar-refractivity contribution is 0.0347. The molecule has 2 aromatic rings. The van der Waals surface area contributed by atoms with Gasteiger partial charge >= 0.3 is 6.16 Å². The molecule has 2 atom stereocenters. The Kier molecular flexibility index (Phi) is 5.10. The van der Waals surface area contributed by atoms with E-state index in [2.05, 4.69) is 17.0 Å². The molecule has 2 aromatic carbocycles. The Morgan fingerprint density at radius 1 is 1.22 bits per heavy atom. The van der Waals surface area contributed by atoms with Crippen molar-refractivity contribution in [3.05, 3.63) is 42.0 Å². The number of ether oxygens (including phenoxy) is 4. The van der Waals surface area contributed by atoms with Gasteiger partial charge in [0.15, 0.2) is 0 Å². The molecule has 27 heavy (non-hydrogen) atoms. The molecule has 0 aromatic heterocycles. The molecule has 2 aliphatic heterocycles. The van der Waals surface area contributed by atoms with E-state index >= 15 is 0 Å². The zero-order chi connectivity index (χ0) is 18.6. The van der Waals surface area contributed by atoms with Crippen LogP contribution in [0.5, 0.6) is 0 Å². The number of epoxide rings is 1. The summed E-state index contributed by atoms with van der Waals surface area (Å²) >= 11 is 0. The maximum atomic E-state index is 11.7. The molecule has 0 bridgehead atoms. The van der Waals surface area contributed by atoms with Gasteiger partial charge in [0.05, 0.1) is 19.8 Å². The molecule has 2 saturated heterocycles. The fourth-order valence-electron chi connectivity index (χ4n) is 3.06. The van der Waals surface area contributed by atoms with Crippen molar-refractivity contribution in [2.75, 3.05) is 44.4 Å². The fourth-order valence-corrected chi connectivity index (χ4v) is 3.06. The van der Waals surface area contributed by atoms with Gasteiger partial charge in [0.1, 0.15) is 18.8 Å². The van der Waals surface area contributed by atoms with Crippen LogP contribution in [0.25, 0.3) is 10.8 Å². The molecular formula is C20H20N2O5. The third-order valence-corrected chi connectivity index (χ3v) is 4.65. The van der Waals surface area contributed by atoms with Gasteiger partial charge < -0.3 is 23.8 Å². The van der Waals surface area contributed by atoms with Gasteiger partial charge in [-0.25, -0.2) is 4.79 Å². The minimum Gasteiger partial charge on any atom is -0.431 e. The Morgan fingerprint density at radius 3 is 2.70 bits per heavy atom. The second-order valence-corrected chi connectivity index (χ2v) is 6.53. The third kappa shape index (κ3) is 4.30. The quantitative estimate of drug-likeness (QED) is 0.593. The van der Waals surface area contributed by atoms with Gasteiger partial charge in [0.25, 0.3) is 0 Å². The van der Waals surface area contributed by atoms with Crippen molar-refractivity contribution < 1.29 is 23.7 Å². The lowest BCUT2D eigenvalue weighted by Gasteiger charge is -2.29. The van der Waals surface area contributed by atoms with E-state index in [0.29, 0.717) is 12.2 Å². The highest BCUT2D eigenvalue weighted by Crippen LogP contribution is 2.27. The number of nitrogens with zero attached hydrogens (tertiary/aromatic N) is 2. The molecule has 0 N–H and O–H groups in total. The summed E-state index contributed by atoms with van der Waals surface area (Å²) in [5, 5.41) is 11.4. The molecule has 0 amide bonds. The Labute approximate surface area is 157 Å². The molecule has 2 fully saturated rings. The highest BCUT2D eigenvalue weighted by atomic mass is 16.7. The van der Waals surface area contributed by atoms with Gasteiger partial charge in [-0.1, -0.05) is 18.2 Å². The molecule has 2 unspecified atom stereocenters. The van der Waals surface area contributed by atoms with Crippen LogP contribution in [0.2, 0.25) is 0 Å². The third-order valence-electron chi connectivity index (χ3n) is 4.65. The number of rotatable bonds is 5. The molecule has 7 heteroatoms. The number of benzene rings is 2. The Bertz CT molecular complexity index is 868. The number of anilines is 1. The second kappa shape index (κ2) is 7.82. The second-order valence-electron chi connectivity index (χ2n) is 6.53. The lowest BCUT2D eigenvalue weighted by Crippen LogP contribution is -2.36. The first kappa shape index (κ1) is 17.6. The van der Waals surface area contributed by atoms with E-state index < -0.39 is 12.3 Å². The maximum Gasteiger partial charge on any atom is 0.510 e. The van der Waals surface area contributed by atoms with E-state index in [9.17, 15) is 10.1 Å². The van der Waals surface area contributed by atoms with Crippen molar-refractivity contribution in [3.63, 3.8) is 0 Å². The molecule has 2 aliphatic rings. The van der Waals surface area contributed by atoms with Crippen molar-refractivity contribution in [2.24, 2.45) is 0 Å². The highest BCUT2D eigenvalue weighted by Gasteiger charge is 2.26. The number of carbonyl (C=O) groups is 1. The van der Waals surface area contributed by atoms with Crippen LogP contribution in [0.15, 0.2) is 36.4 Å². The average Bonchev–Trinajstić information content (AvgIpc) is 3.55. The predicted molar refractivity (Wildman–Crippen MR) is 97.5 cm³/mol. The van der Waals surface area contributed by atoms with Crippen molar-refractivity contribution in [2.45, 2.75) is 12.2 Å². The van der Waals surface area contributed by atoms with Crippen LogP contribution in [0, 0.1) is 11.3 Å². The molecule has 4 rings (SSSR count). The van der Waals surface area contributed by atoms with Crippen molar-refractivity contribution in [1.82, 2.24) is 0 Å². The number of carbonyl (C=O) groups excluding carboxylic acids is 1. The van der Waals surface area contributed by atoms with E-state index in [0.717, 1.165) is 42.8 Å². The molecule has 140 valence electrons. The average molecular weight is 368 g/mol. The van der Waals surface area contributed by atoms with Gasteiger partial charge in [-0.15, -0.1) is 0 Å². The predicted octanol–water partition coefficient (Wildman–Crippen LogP) is 2.79. The summed E-state index contributed by atoms with van der Waals surface area (Å²) in [7, 11) is 0. The van der Waals surface area contributed by atoms with Gasteiger partial charge in [0.2, 0.25) is 6.10 Å². The molecule has 0 radical (unpaired) electrons. The SMILES string of the molecule is N#CC(OC(=O)OCC1CO1)c1ccc2cc(N3CCOCC3)ccc2c1. The summed E-state index contributed by atoms with van der Waals surface area (Å²) in [6, 6.07) is 13.8. The minimum atomic E-state index is -1.01. The minimum absolute atomic E-state index is 0.0422. The molecule has 7 nitrogen and oxygen atoms in total. The van der Waals surface area contributed by atoms with Crippen LogP contribution in [-0.2, 0) is 18.9 Å². The first-order chi connectivity index (χ1) is 13.2. The molecule has 0 saturated carbocycles. The summed E-state index contributed by atoms with van der Waals surface area (Å²) in [5.74, 6) is 0. The van der Waals surface area contributed by atoms with Crippen molar-refractivity contribution in [3.8, 4) is 6.07 Å². The van der Waals surface area contributed by atoms with E-state index in [-0.39, 0.29) is 12.7 Å². The van der Waals surface area contributed by atoms with Crippen LogP contribution >= 0.6 is 0 Å². The van der Waals surface area contributed by atoms with Crippen LogP contribution in [-0.4, -0.2) is 51.8 Å². The van der Waals surface area contributed by atoms with E-state index in [1.807, 2.05) is 24.3 Å². The molecule has 0 aliphatic carbocycles. The van der Waals surface area contributed by atoms with Gasteiger partial charge in [0, 0.05) is 24.3 Å². The number of fused-ring (bicyclic) bond motifs is 1. The van der Waals surface area contributed by atoms with Gasteiger partial charge in [-0.3, -0.25) is 0 Å². The highest BCUT2D eigenvalue weighted by molar-refractivity contribution is 5.86. The van der Waals surface area contributed by atoms with Gasteiger partial charge in [-0.05, 0) is 29.0 Å². The molecular weight excluding hydrogens is 348 g/mol. The number of hydrogen-bond acceptors (Lipinski definition) is 7. The zero-order valence-electron chi connectivity index (χ0n) is 14.8. The van der Waals surface area contributed by atoms with E-state index in [4.69, 9.17) is 18.9 Å². The van der Waals surface area contributed by atoms with Crippen LogP contribution in [0.1, 0.15) is 11.7 Å². The summed E-state index contributed by atoms with van der Waals surface area (Å²) in [4.78, 5) is 14.0. The molecule has 2 heterocycles. The Morgan fingerprint density at radius 2 is 1.96 bits per heavy atom. The Hall–Kier alpha value is -2.82. The standard InChI is InChI=1S/C20H20N2O5/c21-11-19(27-20(23)26-13-18-12-25-18)16-2-1-15-10-17(4-3-14(15)9-16)22-5-7-24-8-6-22/h1-4,9-10,18-19H,5-8,12-13H2. The normalized spacial score (nSPS) is 20.0. The Balaban J connectivity index is 1.47. The van der Waals surface area contributed by atoms with Crippen LogP contribution < -0.4 is 4.90 Å². The van der Waals surface area contributed by atoms with Gasteiger partial charge in [-0.2, -0.15) is 5.26 Å². The lowest BCUT2D eigenvalue weighted by atomic mass is 10.0. The first-order valence-electron chi connectivity index (χ1n) is 8.94. The summed E-state index contributed by atoms with van der Waals surface area (Å²) in [6.07, 6.45) is -1.92. The summed E-state index contributed by atoms with van der Waals surface area (Å²) in [5.41, 5.74) is 1.77. The maximum absolute atomic E-state index is 11.7. The topological polar surface area (TPSA) is 84.3 Å². The largest absolute Gasteiger partial charge is 0.510 e. The zero-order valence-corrected chi connectivity index (χ0v) is 14.8. The molecule has 0 spiro atoms. The monoisotopic (exact) mass is 368 g/mol. The first-order valence-corrected chi connectivity index (χ1v) is 8.94. The van der Waals surface area contributed by atoms with E-state index in [1.165, 1.54) is 0 Å².